The highest BCUT2D eigenvalue weighted by atomic mass is 32.2. The Morgan fingerprint density at radius 1 is 0.387 bits per heavy atom. The quantitative estimate of drug-likeness (QED) is 0.0330. The van der Waals surface area contributed by atoms with Gasteiger partial charge in [-0.2, -0.15) is 11.8 Å². The molecule has 0 spiro atoms. The van der Waals surface area contributed by atoms with Crippen molar-refractivity contribution in [2.24, 2.45) is 0 Å². The minimum Gasteiger partial charge on any atom is -0.469 e. The number of hydrogen-bond donors (Lipinski definition) is 0. The highest BCUT2D eigenvalue weighted by molar-refractivity contribution is 7.99. The van der Waals surface area contributed by atoms with Gasteiger partial charge in [-0.05, 0) is 63.5 Å². The van der Waals surface area contributed by atoms with E-state index in [-0.39, 0.29) is 28.9 Å². The first-order valence-corrected chi connectivity index (χ1v) is 35.9. The van der Waals surface area contributed by atoms with Crippen LogP contribution in [0.2, 0.25) is 0 Å². The fourth-order valence-corrected chi connectivity index (χ4v) is 13.7. The van der Waals surface area contributed by atoms with Crippen molar-refractivity contribution in [1.82, 2.24) is 0 Å². The Morgan fingerprint density at radius 2 is 0.653 bits per heavy atom. The molecule has 0 amide bonds. The summed E-state index contributed by atoms with van der Waals surface area (Å²) in [5.41, 5.74) is 0. The Balaban J connectivity index is -0.00000104. The summed E-state index contributed by atoms with van der Waals surface area (Å²) in [4.78, 5) is 33.1. The molecular weight excluding hydrogens is 997 g/mol. The van der Waals surface area contributed by atoms with Crippen LogP contribution in [0.25, 0.3) is 0 Å². The van der Waals surface area contributed by atoms with Crippen molar-refractivity contribution in [3.63, 3.8) is 0 Å². The topological polar surface area (TPSA) is 130 Å². The van der Waals surface area contributed by atoms with Crippen LogP contribution in [0.15, 0.2) is 0 Å². The van der Waals surface area contributed by atoms with Gasteiger partial charge in [0.2, 0.25) is 0 Å². The van der Waals surface area contributed by atoms with Crippen LogP contribution in [0.1, 0.15) is 330 Å². The molecule has 9 nitrogen and oxygen atoms in total. The number of esters is 3. The van der Waals surface area contributed by atoms with E-state index in [9.17, 15) is 27.0 Å². The lowest BCUT2D eigenvalue weighted by atomic mass is 10.0. The molecule has 450 valence electrons. The van der Waals surface area contributed by atoms with Gasteiger partial charge in [0.25, 0.3) is 0 Å². The normalized spacial score (nSPS) is 12.9. The predicted molar refractivity (Wildman–Crippen MR) is 328 cm³/mol. The van der Waals surface area contributed by atoms with Gasteiger partial charge in [-0.15, -0.1) is 0 Å². The number of sulfone groups is 1. The summed E-state index contributed by atoms with van der Waals surface area (Å²) in [5.74, 6) is 1.99. The number of rotatable bonds is 54. The number of methoxy groups -OCH3 is 3. The zero-order valence-electron chi connectivity index (χ0n) is 51.1. The van der Waals surface area contributed by atoms with Gasteiger partial charge in [0, 0.05) is 52.1 Å². The molecule has 0 aromatic heterocycles. The summed E-state index contributed by atoms with van der Waals surface area (Å²) >= 11 is 2.16. The number of carbonyl (C=O) groups is 3. The molecule has 75 heavy (non-hydrogen) atoms. The molecule has 0 N–H and O–H groups in total. The number of unbranched alkanes of at least 4 members (excludes halogenated alkanes) is 30. The lowest BCUT2D eigenvalue weighted by molar-refractivity contribution is -0.141. The Kier molecular flexibility index (Phi) is 64.6. The van der Waals surface area contributed by atoms with Crippen LogP contribution in [0.5, 0.6) is 0 Å². The first-order valence-electron chi connectivity index (χ1n) is 31.8. The lowest BCUT2D eigenvalue weighted by Gasteiger charge is -2.16. The van der Waals surface area contributed by atoms with E-state index in [2.05, 4.69) is 53.7 Å². The monoisotopic (exact) mass is 1120 g/mol. The fraction of sp³-hybridized carbons (Fsp3) is 0.952. The molecule has 0 bridgehead atoms. The van der Waals surface area contributed by atoms with Gasteiger partial charge in [-0.25, -0.2) is 8.42 Å². The van der Waals surface area contributed by atoms with E-state index < -0.39 is 20.6 Å². The minimum absolute atomic E-state index is 0.0656. The highest BCUT2D eigenvalue weighted by Gasteiger charge is 2.22. The summed E-state index contributed by atoms with van der Waals surface area (Å²) in [6.45, 7) is 12.9. The molecule has 0 saturated carbocycles. The maximum Gasteiger partial charge on any atom is 0.305 e. The van der Waals surface area contributed by atoms with Crippen LogP contribution in [-0.4, -0.2) is 84.9 Å². The highest BCUT2D eigenvalue weighted by Crippen LogP contribution is 2.25. The number of carbonyl (C=O) groups excluding carboxylic acids is 3. The summed E-state index contributed by atoms with van der Waals surface area (Å²) in [7, 11) is 0.748. The van der Waals surface area contributed by atoms with E-state index in [4.69, 9.17) is 0 Å². The molecule has 4 atom stereocenters. The van der Waals surface area contributed by atoms with E-state index in [1.807, 2.05) is 6.92 Å². The average Bonchev–Trinajstić information content (AvgIpc) is 3.41. The van der Waals surface area contributed by atoms with Crippen molar-refractivity contribution in [3.05, 3.63) is 0 Å². The summed E-state index contributed by atoms with van der Waals surface area (Å²) in [6, 6.07) is 0. The molecule has 0 aliphatic heterocycles. The van der Waals surface area contributed by atoms with Gasteiger partial charge in [0.05, 0.1) is 26.6 Å². The zero-order chi connectivity index (χ0) is 56.3. The largest absolute Gasteiger partial charge is 0.469 e. The van der Waals surface area contributed by atoms with Crippen molar-refractivity contribution < 1.29 is 41.2 Å². The molecule has 0 heterocycles. The second-order valence-corrected chi connectivity index (χ2v) is 27.5. The smallest absolute Gasteiger partial charge is 0.305 e. The number of thioether (sulfide) groups is 1. The molecule has 0 saturated heterocycles. The molecule has 0 rings (SSSR count). The van der Waals surface area contributed by atoms with E-state index >= 15 is 0 Å². The zero-order valence-corrected chi connectivity index (χ0v) is 53.5. The van der Waals surface area contributed by atoms with E-state index in [1.54, 1.807) is 6.92 Å². The van der Waals surface area contributed by atoms with Crippen molar-refractivity contribution in [1.29, 1.82) is 0 Å². The second-order valence-electron chi connectivity index (χ2n) is 21.3. The third kappa shape index (κ3) is 57.4. The molecule has 12 heteroatoms. The number of ether oxygens (including phenoxy) is 3. The molecule has 0 aliphatic rings. The molecule has 0 aromatic rings. The Labute approximate surface area is 473 Å². The van der Waals surface area contributed by atoms with Gasteiger partial charge in [-0.3, -0.25) is 18.6 Å². The first-order chi connectivity index (χ1) is 36.4. The molecule has 0 fully saturated rings. The van der Waals surface area contributed by atoms with Crippen LogP contribution in [0.4, 0.5) is 0 Å². The third-order valence-electron chi connectivity index (χ3n) is 14.8. The van der Waals surface area contributed by atoms with Crippen molar-refractivity contribution in [2.75, 3.05) is 38.6 Å². The molecule has 4 unspecified atom stereocenters. The van der Waals surface area contributed by atoms with Crippen LogP contribution in [0.3, 0.4) is 0 Å². The first kappa shape index (κ1) is 78.1. The minimum atomic E-state index is -2.93. The molecule has 0 radical (unpaired) electrons. The van der Waals surface area contributed by atoms with Crippen molar-refractivity contribution >= 4 is 50.3 Å². The summed E-state index contributed by atoms with van der Waals surface area (Å²) in [5, 5.41) is 1.12. The molecule has 0 aromatic carbocycles. The third-order valence-corrected chi connectivity index (χ3v) is 20.1. The standard InChI is InChI=1S/C21H42O4S.C21H42O3S.C21H42O2S/c1-4-6-7-8-9-11-14-17-20(26(23,24)5-2)18-15-12-10-13-16-19-21(22)25-3;1-4-6-7-8-9-11-14-17-20(25(23)5-2)18-15-12-10-13-16-19-21(22)24-3;1-4-6-7-8-9-11-14-17-20(24-5-2)18-15-12-10-13-16-19-21(22)23-3/h20H,4-19H2,1-3H3;20H,4-19H2,1-3H3;20H,4-19H2,1-3H3. The predicted octanol–water partition coefficient (Wildman–Crippen LogP) is 19.2. The van der Waals surface area contributed by atoms with Gasteiger partial charge in [0.1, 0.15) is 0 Å². The maximum absolute atomic E-state index is 12.3. The van der Waals surface area contributed by atoms with E-state index in [0.29, 0.717) is 24.5 Å². The van der Waals surface area contributed by atoms with Crippen LogP contribution >= 0.6 is 11.8 Å². The Bertz CT molecular complexity index is 1340. The van der Waals surface area contributed by atoms with Gasteiger partial charge in [0.15, 0.2) is 9.84 Å². The maximum atomic E-state index is 12.3. The van der Waals surface area contributed by atoms with Gasteiger partial charge < -0.3 is 14.2 Å². The second kappa shape index (κ2) is 62.1. The van der Waals surface area contributed by atoms with E-state index in [1.165, 1.54) is 207 Å². The van der Waals surface area contributed by atoms with Gasteiger partial charge >= 0.3 is 17.9 Å². The van der Waals surface area contributed by atoms with E-state index in [0.717, 1.165) is 101 Å². The Morgan fingerprint density at radius 3 is 0.920 bits per heavy atom. The SMILES string of the molecule is CCCCCCCCCC(CCCCCCCC(=O)OC)S(=O)(=O)CC.CCCCCCCCCC(CCCCCCCC(=O)OC)S(=O)CC.CCCCCCCCCC(CCCCCCCC(=O)OC)SCC. The van der Waals surface area contributed by atoms with Crippen LogP contribution < -0.4 is 0 Å². The lowest BCUT2D eigenvalue weighted by Crippen LogP contribution is -2.23. The van der Waals surface area contributed by atoms with Crippen LogP contribution in [0, 0.1) is 0 Å². The summed E-state index contributed by atoms with van der Waals surface area (Å²) in [6.07, 6.45) is 52.6. The molecular formula is C63H126O9S3. The molecule has 0 aliphatic carbocycles. The van der Waals surface area contributed by atoms with Crippen molar-refractivity contribution in [3.8, 4) is 0 Å². The summed E-state index contributed by atoms with van der Waals surface area (Å²) < 4.78 is 50.9. The average molecular weight is 1120 g/mol. The van der Waals surface area contributed by atoms with Gasteiger partial charge in [-0.1, -0.05) is 253 Å². The number of hydrogen-bond acceptors (Lipinski definition) is 10. The van der Waals surface area contributed by atoms with Crippen molar-refractivity contribution in [2.45, 2.75) is 346 Å². The van der Waals surface area contributed by atoms with Crippen LogP contribution in [-0.2, 0) is 49.2 Å². The fourth-order valence-electron chi connectivity index (χ4n) is 9.74. The Hall–Kier alpha value is -1.14.